The molecule has 0 saturated carbocycles. The van der Waals surface area contributed by atoms with E-state index in [0.717, 1.165) is 109 Å². The van der Waals surface area contributed by atoms with Crippen LogP contribution in [0.2, 0.25) is 0 Å². The summed E-state index contributed by atoms with van der Waals surface area (Å²) in [5.74, 6) is -0.945. The Hall–Kier alpha value is -3.93. The second-order valence-corrected chi connectivity index (χ2v) is 19.9. The number of carbonyl (C=O) groups is 3. The smallest absolute Gasteiger partial charge is 0.306 e. The van der Waals surface area contributed by atoms with Gasteiger partial charge in [-0.05, 0) is 109 Å². The maximum atomic E-state index is 12.8. The fourth-order valence-electron chi connectivity index (χ4n) is 8.22. The molecule has 0 fully saturated rings. The molecule has 6 heteroatoms. The molecular weight excluding hydrogens is 901 g/mol. The minimum atomic E-state index is -0.796. The van der Waals surface area contributed by atoms with E-state index in [-0.39, 0.29) is 31.1 Å². The van der Waals surface area contributed by atoms with Gasteiger partial charge in [-0.3, -0.25) is 14.4 Å². The lowest BCUT2D eigenvalue weighted by Crippen LogP contribution is -2.30. The van der Waals surface area contributed by atoms with E-state index >= 15 is 0 Å². The van der Waals surface area contributed by atoms with Crippen LogP contribution in [0.5, 0.6) is 0 Å². The summed E-state index contributed by atoms with van der Waals surface area (Å²) in [7, 11) is 0. The van der Waals surface area contributed by atoms with Crippen molar-refractivity contribution in [2.24, 2.45) is 0 Å². The van der Waals surface area contributed by atoms with Crippen LogP contribution in [-0.4, -0.2) is 37.2 Å². The van der Waals surface area contributed by atoms with Crippen LogP contribution in [0, 0.1) is 0 Å². The monoisotopic (exact) mass is 1010 g/mol. The lowest BCUT2D eigenvalue weighted by atomic mass is 10.1. The maximum Gasteiger partial charge on any atom is 0.306 e. The minimum Gasteiger partial charge on any atom is -0.462 e. The van der Waals surface area contributed by atoms with Gasteiger partial charge in [-0.15, -0.1) is 0 Å². The first kappa shape index (κ1) is 69.1. The number of unbranched alkanes of at least 4 members (excludes halogenated alkanes) is 25. The van der Waals surface area contributed by atoms with Crippen molar-refractivity contribution in [1.29, 1.82) is 0 Å². The van der Waals surface area contributed by atoms with Crippen LogP contribution in [0.3, 0.4) is 0 Å². The van der Waals surface area contributed by atoms with Gasteiger partial charge in [-0.25, -0.2) is 0 Å². The number of allylic oxidation sites excluding steroid dienone is 18. The third kappa shape index (κ3) is 58.8. The molecule has 6 nitrogen and oxygen atoms in total. The van der Waals surface area contributed by atoms with Gasteiger partial charge in [0.25, 0.3) is 0 Å². The highest BCUT2D eigenvalue weighted by Gasteiger charge is 2.19. The molecule has 0 aromatic carbocycles. The molecule has 0 amide bonds. The average molecular weight is 1010 g/mol. The largest absolute Gasteiger partial charge is 0.462 e. The van der Waals surface area contributed by atoms with Crippen molar-refractivity contribution in [1.82, 2.24) is 0 Å². The summed E-state index contributed by atoms with van der Waals surface area (Å²) in [4.78, 5) is 38.0. The third-order valence-electron chi connectivity index (χ3n) is 12.8. The van der Waals surface area contributed by atoms with E-state index in [1.807, 2.05) is 0 Å². The number of hydrogen-bond donors (Lipinski definition) is 0. The molecule has 0 bridgehead atoms. The van der Waals surface area contributed by atoms with Gasteiger partial charge in [-0.1, -0.05) is 259 Å². The van der Waals surface area contributed by atoms with E-state index in [9.17, 15) is 14.4 Å². The quantitative estimate of drug-likeness (QED) is 0.0261. The van der Waals surface area contributed by atoms with E-state index in [0.29, 0.717) is 19.3 Å². The highest BCUT2D eigenvalue weighted by atomic mass is 16.6. The molecule has 0 aliphatic rings. The van der Waals surface area contributed by atoms with Crippen LogP contribution in [0.25, 0.3) is 0 Å². The molecule has 0 aliphatic carbocycles. The van der Waals surface area contributed by atoms with E-state index in [1.165, 1.54) is 128 Å². The van der Waals surface area contributed by atoms with Gasteiger partial charge in [0.2, 0.25) is 0 Å². The lowest BCUT2D eigenvalue weighted by Gasteiger charge is -2.18. The van der Waals surface area contributed by atoms with Crippen molar-refractivity contribution in [3.63, 3.8) is 0 Å². The summed E-state index contributed by atoms with van der Waals surface area (Å²) < 4.78 is 16.8. The van der Waals surface area contributed by atoms with Crippen molar-refractivity contribution >= 4 is 17.9 Å². The van der Waals surface area contributed by atoms with Gasteiger partial charge in [0.05, 0.1) is 0 Å². The van der Waals surface area contributed by atoms with Crippen molar-refractivity contribution in [2.75, 3.05) is 13.2 Å². The molecule has 0 rings (SSSR count). The molecule has 416 valence electrons. The fourth-order valence-corrected chi connectivity index (χ4v) is 8.22. The molecule has 0 aliphatic heterocycles. The molecular formula is C67H112O6. The van der Waals surface area contributed by atoms with Crippen LogP contribution < -0.4 is 0 Å². The first-order valence-electron chi connectivity index (χ1n) is 30.4. The number of hydrogen-bond acceptors (Lipinski definition) is 6. The Bertz CT molecular complexity index is 1490. The van der Waals surface area contributed by atoms with E-state index in [4.69, 9.17) is 14.2 Å². The summed E-state index contributed by atoms with van der Waals surface area (Å²) >= 11 is 0. The topological polar surface area (TPSA) is 78.9 Å². The zero-order valence-corrected chi connectivity index (χ0v) is 47.6. The summed E-state index contributed by atoms with van der Waals surface area (Å²) in [6, 6.07) is 0. The predicted octanol–water partition coefficient (Wildman–Crippen LogP) is 20.7. The SMILES string of the molecule is CC/C=C\C/C=C\C/C=C\C/C=C\C/C=C\C/C=C\C/C=C\C/C=C\CCCCC(=O)OCC(COC(=O)CCCCCCCCC)OC(=O)CCCCCCCCCCC/C=C\CCCCCCCCCC. The molecule has 0 heterocycles. The zero-order chi connectivity index (χ0) is 52.9. The standard InChI is InChI=1S/C67H112O6/c1-4-7-10-13-16-18-20-22-24-26-28-30-31-32-33-34-35-37-38-40-42-44-46-48-51-54-57-60-66(69)72-63-64(62-71-65(68)59-56-53-50-15-12-9-6-3)73-67(70)61-58-55-52-49-47-45-43-41-39-36-29-27-25-23-21-19-17-14-11-8-5-2/h7,10,16,18,22,24,27-30,32-33,35,37,40,42,46,48,64H,4-6,8-9,11-15,17,19-21,23,25-26,31,34,36,38-39,41,43-45,47,49-63H2,1-3H3/b10-7-,18-16-,24-22-,29-27-,30-28-,33-32-,37-35-,42-40-,48-46-. The van der Waals surface area contributed by atoms with Crippen molar-refractivity contribution in [3.05, 3.63) is 109 Å². The van der Waals surface area contributed by atoms with Gasteiger partial charge in [0.1, 0.15) is 13.2 Å². The zero-order valence-electron chi connectivity index (χ0n) is 47.6. The van der Waals surface area contributed by atoms with Crippen LogP contribution in [-0.2, 0) is 28.6 Å². The summed E-state index contributed by atoms with van der Waals surface area (Å²) in [6.07, 6.45) is 82.6. The molecule has 73 heavy (non-hydrogen) atoms. The Morgan fingerprint density at radius 3 is 0.877 bits per heavy atom. The highest BCUT2D eigenvalue weighted by molar-refractivity contribution is 5.71. The minimum absolute atomic E-state index is 0.0927. The Morgan fingerprint density at radius 1 is 0.288 bits per heavy atom. The van der Waals surface area contributed by atoms with Crippen LogP contribution in [0.4, 0.5) is 0 Å². The molecule has 1 unspecified atom stereocenters. The number of ether oxygens (including phenoxy) is 3. The molecule has 0 aromatic rings. The summed E-state index contributed by atoms with van der Waals surface area (Å²) in [5, 5.41) is 0. The molecule has 0 radical (unpaired) electrons. The van der Waals surface area contributed by atoms with Gasteiger partial charge < -0.3 is 14.2 Å². The second kappa shape index (κ2) is 60.6. The predicted molar refractivity (Wildman–Crippen MR) is 316 cm³/mol. The number of carbonyl (C=O) groups excluding carboxylic acids is 3. The Labute approximate surface area is 450 Å². The number of esters is 3. The van der Waals surface area contributed by atoms with Crippen molar-refractivity contribution in [3.8, 4) is 0 Å². The van der Waals surface area contributed by atoms with E-state index in [1.54, 1.807) is 0 Å². The fraction of sp³-hybridized carbons (Fsp3) is 0.687. The Morgan fingerprint density at radius 2 is 0.534 bits per heavy atom. The average Bonchev–Trinajstić information content (AvgIpc) is 3.39. The molecule has 0 spiro atoms. The van der Waals surface area contributed by atoms with E-state index in [2.05, 4.69) is 130 Å². The van der Waals surface area contributed by atoms with Gasteiger partial charge in [-0.2, -0.15) is 0 Å². The molecule has 1 atom stereocenters. The summed E-state index contributed by atoms with van der Waals surface area (Å²) in [6.45, 7) is 6.45. The molecule has 0 N–H and O–H groups in total. The second-order valence-electron chi connectivity index (χ2n) is 19.9. The Kier molecular flexibility index (Phi) is 57.4. The van der Waals surface area contributed by atoms with Crippen molar-refractivity contribution in [2.45, 2.75) is 284 Å². The molecule has 0 saturated heterocycles. The Balaban J connectivity index is 4.28. The van der Waals surface area contributed by atoms with E-state index < -0.39 is 6.10 Å². The van der Waals surface area contributed by atoms with Crippen LogP contribution >= 0.6 is 0 Å². The first-order valence-corrected chi connectivity index (χ1v) is 30.4. The number of rotatable bonds is 54. The maximum absolute atomic E-state index is 12.8. The summed E-state index contributed by atoms with van der Waals surface area (Å²) in [5.41, 5.74) is 0. The molecule has 0 aromatic heterocycles. The normalized spacial score (nSPS) is 12.9. The lowest BCUT2D eigenvalue weighted by molar-refractivity contribution is -0.167. The van der Waals surface area contributed by atoms with Crippen LogP contribution in [0.15, 0.2) is 109 Å². The third-order valence-corrected chi connectivity index (χ3v) is 12.8. The van der Waals surface area contributed by atoms with Crippen LogP contribution in [0.1, 0.15) is 278 Å². The van der Waals surface area contributed by atoms with Crippen molar-refractivity contribution < 1.29 is 28.6 Å². The highest BCUT2D eigenvalue weighted by Crippen LogP contribution is 2.15. The van der Waals surface area contributed by atoms with Gasteiger partial charge in [0, 0.05) is 19.3 Å². The van der Waals surface area contributed by atoms with Gasteiger partial charge >= 0.3 is 17.9 Å². The van der Waals surface area contributed by atoms with Gasteiger partial charge in [0.15, 0.2) is 6.10 Å². The first-order chi connectivity index (χ1) is 36.0.